The van der Waals surface area contributed by atoms with Gasteiger partial charge in [-0.1, -0.05) is 12.2 Å². The zero-order chi connectivity index (χ0) is 10.6. The van der Waals surface area contributed by atoms with Crippen molar-refractivity contribution in [1.82, 2.24) is 4.90 Å². The number of likely N-dealkylation sites (N-methyl/N-ethyl adjacent to an activating group) is 1. The van der Waals surface area contributed by atoms with Gasteiger partial charge in [-0.15, -0.1) is 0 Å². The molecule has 85 valence electrons. The van der Waals surface area contributed by atoms with E-state index in [1.807, 2.05) is 26.1 Å². The van der Waals surface area contributed by atoms with Crippen molar-refractivity contribution in [3.63, 3.8) is 0 Å². The fraction of sp³-hybridized carbons (Fsp3) is 0.818. The van der Waals surface area contributed by atoms with Gasteiger partial charge in [-0.2, -0.15) is 0 Å². The van der Waals surface area contributed by atoms with Gasteiger partial charge in [-0.25, -0.2) is 0 Å². The summed E-state index contributed by atoms with van der Waals surface area (Å²) in [6.45, 7) is 3.77. The van der Waals surface area contributed by atoms with Crippen molar-refractivity contribution in [2.75, 3.05) is 27.2 Å². The molecule has 3 atom stereocenters. The molecule has 0 aromatic carbocycles. The zero-order valence-electron chi connectivity index (χ0n) is 9.89. The van der Waals surface area contributed by atoms with E-state index in [1.165, 1.54) is 0 Å². The molecule has 1 saturated heterocycles. The minimum absolute atomic E-state index is 0. The van der Waals surface area contributed by atoms with E-state index in [0.29, 0.717) is 0 Å². The van der Waals surface area contributed by atoms with E-state index in [4.69, 9.17) is 4.74 Å². The molecule has 1 fully saturated rings. The number of methoxy groups -OCH3 is 1. The molecule has 0 amide bonds. The molecule has 0 spiro atoms. The first-order valence-electron chi connectivity index (χ1n) is 5.21. The Morgan fingerprint density at radius 2 is 2.20 bits per heavy atom. The molecule has 3 nitrogen and oxygen atoms in total. The Morgan fingerprint density at radius 1 is 1.53 bits per heavy atom. The number of likely N-dealkylation sites (tertiary alicyclic amines) is 1. The maximum absolute atomic E-state index is 9.91. The minimum atomic E-state index is -0.269. The quantitative estimate of drug-likeness (QED) is 0.681. The molecule has 0 aromatic heterocycles. The van der Waals surface area contributed by atoms with Gasteiger partial charge in [0.15, 0.2) is 0 Å². The fourth-order valence-corrected chi connectivity index (χ4v) is 2.08. The van der Waals surface area contributed by atoms with Gasteiger partial charge in [-0.05, 0) is 26.9 Å². The average molecular weight is 426 g/mol. The van der Waals surface area contributed by atoms with E-state index in [9.17, 15) is 5.11 Å². The maximum atomic E-state index is 9.91. The maximum Gasteiger partial charge on any atom is 0.0805 e. The summed E-state index contributed by atoms with van der Waals surface area (Å²) in [6.07, 6.45) is 4.80. The number of aliphatic hydroxyl groups is 1. The molecule has 0 aliphatic carbocycles. The van der Waals surface area contributed by atoms with Gasteiger partial charge < -0.3 is 14.7 Å². The van der Waals surface area contributed by atoms with Crippen LogP contribution in [0.25, 0.3) is 0 Å². The average Bonchev–Trinajstić information content (AvgIpc) is 2.15. The van der Waals surface area contributed by atoms with Crippen molar-refractivity contribution in [3.8, 4) is 0 Å². The first-order valence-corrected chi connectivity index (χ1v) is 5.21. The molecule has 1 aliphatic rings. The van der Waals surface area contributed by atoms with Crippen LogP contribution in [0.4, 0.5) is 0 Å². The SMILES string of the molecule is C/C=C/C(OC)C1CCN(C)CC1O.[Ac]. The van der Waals surface area contributed by atoms with E-state index < -0.39 is 0 Å². The molecule has 0 bridgehead atoms. The van der Waals surface area contributed by atoms with Crippen molar-refractivity contribution in [2.24, 2.45) is 5.92 Å². The van der Waals surface area contributed by atoms with Gasteiger partial charge in [-0.3, -0.25) is 0 Å². The molecule has 15 heavy (non-hydrogen) atoms. The number of aliphatic hydroxyl groups excluding tert-OH is 1. The molecule has 0 aromatic rings. The fourth-order valence-electron chi connectivity index (χ4n) is 2.08. The van der Waals surface area contributed by atoms with Crippen LogP contribution in [0.3, 0.4) is 0 Å². The Kier molecular flexibility index (Phi) is 8.78. The topological polar surface area (TPSA) is 32.7 Å². The molecule has 0 saturated carbocycles. The van der Waals surface area contributed by atoms with Crippen LogP contribution < -0.4 is 0 Å². The molecule has 1 heterocycles. The van der Waals surface area contributed by atoms with Crippen LogP contribution in [0, 0.1) is 50.0 Å². The second-order valence-corrected chi connectivity index (χ2v) is 4.01. The number of ether oxygens (including phenoxy) is 1. The summed E-state index contributed by atoms with van der Waals surface area (Å²) < 4.78 is 5.37. The van der Waals surface area contributed by atoms with Crippen molar-refractivity contribution in [1.29, 1.82) is 0 Å². The van der Waals surface area contributed by atoms with Crippen LogP contribution in [0.5, 0.6) is 0 Å². The van der Waals surface area contributed by atoms with E-state index in [-0.39, 0.29) is 62.2 Å². The van der Waals surface area contributed by atoms with Crippen LogP contribution in [0.2, 0.25) is 0 Å². The number of hydrogen-bond donors (Lipinski definition) is 1. The standard InChI is InChI=1S/C11H21NO2.Ac/c1-4-5-11(14-3)9-6-7-12(2)8-10(9)13;/h4-5,9-11,13H,6-8H2,1-3H3;/b5-4+;. The van der Waals surface area contributed by atoms with Gasteiger partial charge in [0, 0.05) is 63.6 Å². The predicted octanol–water partition coefficient (Wildman–Crippen LogP) is 0.890. The first kappa shape index (κ1) is 16.1. The van der Waals surface area contributed by atoms with Crippen LogP contribution in [-0.4, -0.2) is 49.5 Å². The van der Waals surface area contributed by atoms with Gasteiger partial charge in [0.05, 0.1) is 12.2 Å². The summed E-state index contributed by atoms with van der Waals surface area (Å²) in [6, 6.07) is 0. The third kappa shape index (κ3) is 4.83. The van der Waals surface area contributed by atoms with Crippen molar-refractivity contribution in [2.45, 2.75) is 25.6 Å². The Morgan fingerprint density at radius 3 is 2.67 bits per heavy atom. The Labute approximate surface area is 128 Å². The third-order valence-corrected chi connectivity index (χ3v) is 2.91. The normalized spacial score (nSPS) is 30.1. The summed E-state index contributed by atoms with van der Waals surface area (Å²) in [4.78, 5) is 2.16. The van der Waals surface area contributed by atoms with E-state index in [0.717, 1.165) is 19.5 Å². The van der Waals surface area contributed by atoms with Crippen LogP contribution in [0.1, 0.15) is 13.3 Å². The summed E-state index contributed by atoms with van der Waals surface area (Å²) in [5.41, 5.74) is 0. The molecular formula is C11H21AcNO2. The van der Waals surface area contributed by atoms with Crippen LogP contribution in [-0.2, 0) is 4.74 Å². The summed E-state index contributed by atoms with van der Waals surface area (Å²) in [5.74, 6) is 0.243. The van der Waals surface area contributed by atoms with Crippen molar-refractivity contribution < 1.29 is 53.9 Å². The number of nitrogens with zero attached hydrogens (tertiary/aromatic N) is 1. The molecule has 1 rings (SSSR count). The van der Waals surface area contributed by atoms with Crippen molar-refractivity contribution in [3.05, 3.63) is 12.2 Å². The third-order valence-electron chi connectivity index (χ3n) is 2.91. The Hall–Kier alpha value is 1.06. The first-order chi connectivity index (χ1) is 6.69. The van der Waals surface area contributed by atoms with E-state index in [1.54, 1.807) is 7.11 Å². The monoisotopic (exact) mass is 426 g/mol. The number of hydrogen-bond acceptors (Lipinski definition) is 3. The molecule has 1 aliphatic heterocycles. The second kappa shape index (κ2) is 8.20. The number of allylic oxidation sites excluding steroid dienone is 1. The van der Waals surface area contributed by atoms with Gasteiger partial charge in [0.1, 0.15) is 0 Å². The Bertz CT molecular complexity index is 199. The molecule has 1 radical (unpaired) electrons. The van der Waals surface area contributed by atoms with Crippen molar-refractivity contribution >= 4 is 0 Å². The predicted molar refractivity (Wildman–Crippen MR) is 57.2 cm³/mol. The minimum Gasteiger partial charge on any atom is -0.391 e. The van der Waals surface area contributed by atoms with Crippen LogP contribution in [0.15, 0.2) is 12.2 Å². The number of β-amino-alcohol motifs (C(OH)–C–C–N with tert-alkyl or cyclic N) is 1. The molecule has 1 N–H and O–H groups in total. The smallest absolute Gasteiger partial charge is 0.0805 e. The summed E-state index contributed by atoms with van der Waals surface area (Å²) in [5, 5.41) is 9.91. The Balaban J connectivity index is 0.00000196. The van der Waals surface area contributed by atoms with Crippen LogP contribution >= 0.6 is 0 Å². The summed E-state index contributed by atoms with van der Waals surface area (Å²) in [7, 11) is 3.74. The van der Waals surface area contributed by atoms with E-state index in [2.05, 4.69) is 4.90 Å². The largest absolute Gasteiger partial charge is 0.391 e. The zero-order valence-corrected chi connectivity index (χ0v) is 14.6. The van der Waals surface area contributed by atoms with E-state index >= 15 is 0 Å². The molecular weight excluding hydrogens is 405 g/mol. The molecule has 3 unspecified atom stereocenters. The number of piperidine rings is 1. The van der Waals surface area contributed by atoms with Gasteiger partial charge in [0.2, 0.25) is 0 Å². The van der Waals surface area contributed by atoms with Gasteiger partial charge in [0.25, 0.3) is 0 Å². The molecule has 4 heteroatoms. The second-order valence-electron chi connectivity index (χ2n) is 4.01. The summed E-state index contributed by atoms with van der Waals surface area (Å²) >= 11 is 0. The van der Waals surface area contributed by atoms with Gasteiger partial charge >= 0.3 is 0 Å². The number of rotatable bonds is 3.